The molecule has 1 fully saturated rings. The molecule has 2 rings (SSSR count). The minimum Gasteiger partial charge on any atom is -0.350 e. The third kappa shape index (κ3) is 2.79. The summed E-state index contributed by atoms with van der Waals surface area (Å²) >= 11 is 0. The summed E-state index contributed by atoms with van der Waals surface area (Å²) in [6, 6.07) is 10.1. The Hall–Kier alpha value is -1.37. The number of hydrogen-bond acceptors (Lipinski definition) is 3. The van der Waals surface area contributed by atoms with Crippen molar-refractivity contribution in [3.8, 4) is 6.07 Å². The lowest BCUT2D eigenvalue weighted by atomic mass is 10.1. The Balaban J connectivity index is 2.01. The third-order valence-electron chi connectivity index (χ3n) is 2.37. The van der Waals surface area contributed by atoms with Crippen LogP contribution in [0.15, 0.2) is 24.3 Å². The van der Waals surface area contributed by atoms with Crippen LogP contribution in [0.2, 0.25) is 0 Å². The first-order valence-corrected chi connectivity index (χ1v) is 5.06. The van der Waals surface area contributed by atoms with Crippen LogP contribution < -0.4 is 0 Å². The molecule has 78 valence electrons. The van der Waals surface area contributed by atoms with E-state index in [2.05, 4.69) is 6.07 Å². The summed E-state index contributed by atoms with van der Waals surface area (Å²) in [5.41, 5.74) is 2.21. The molecular weight excluding hydrogens is 190 g/mol. The minimum absolute atomic E-state index is 0.109. The first kappa shape index (κ1) is 10.2. The molecule has 1 heterocycles. The van der Waals surface area contributed by atoms with E-state index in [0.29, 0.717) is 19.6 Å². The number of rotatable bonds is 3. The average Bonchev–Trinajstić information content (AvgIpc) is 2.71. The van der Waals surface area contributed by atoms with E-state index in [0.717, 1.165) is 17.5 Å². The normalized spacial score (nSPS) is 16.5. The molecule has 15 heavy (non-hydrogen) atoms. The quantitative estimate of drug-likeness (QED) is 0.750. The van der Waals surface area contributed by atoms with Crippen LogP contribution in [0.1, 0.15) is 11.1 Å². The average molecular weight is 203 g/mol. The molecule has 0 amide bonds. The predicted molar refractivity (Wildman–Crippen MR) is 55.2 cm³/mol. The zero-order chi connectivity index (χ0) is 10.5. The molecule has 0 spiro atoms. The molecule has 1 aromatic carbocycles. The van der Waals surface area contributed by atoms with E-state index in [1.807, 2.05) is 24.3 Å². The second-order valence-corrected chi connectivity index (χ2v) is 3.53. The molecule has 3 nitrogen and oxygen atoms in total. The van der Waals surface area contributed by atoms with Gasteiger partial charge >= 0.3 is 0 Å². The molecule has 0 atom stereocenters. The third-order valence-corrected chi connectivity index (χ3v) is 2.37. The van der Waals surface area contributed by atoms with E-state index < -0.39 is 0 Å². The van der Waals surface area contributed by atoms with E-state index >= 15 is 0 Å². The van der Waals surface area contributed by atoms with E-state index in [4.69, 9.17) is 14.7 Å². The fourth-order valence-electron chi connectivity index (χ4n) is 1.68. The molecule has 1 saturated heterocycles. The van der Waals surface area contributed by atoms with E-state index in [1.165, 1.54) is 0 Å². The lowest BCUT2D eigenvalue weighted by Crippen LogP contribution is -2.11. The second-order valence-electron chi connectivity index (χ2n) is 3.53. The van der Waals surface area contributed by atoms with Gasteiger partial charge in [0.05, 0.1) is 25.7 Å². The lowest BCUT2D eigenvalue weighted by molar-refractivity contribution is -0.0400. The van der Waals surface area contributed by atoms with Gasteiger partial charge in [-0.2, -0.15) is 5.26 Å². The topological polar surface area (TPSA) is 42.2 Å². The minimum atomic E-state index is -0.109. The molecule has 0 N–H and O–H groups in total. The van der Waals surface area contributed by atoms with Crippen molar-refractivity contribution >= 4 is 0 Å². The monoisotopic (exact) mass is 203 g/mol. The second kappa shape index (κ2) is 4.92. The summed E-state index contributed by atoms with van der Waals surface area (Å²) in [5, 5.41) is 8.60. The van der Waals surface area contributed by atoms with Gasteiger partial charge in [-0.05, 0) is 11.1 Å². The van der Waals surface area contributed by atoms with Crippen molar-refractivity contribution in [3.63, 3.8) is 0 Å². The van der Waals surface area contributed by atoms with Gasteiger partial charge in [-0.1, -0.05) is 24.3 Å². The summed E-state index contributed by atoms with van der Waals surface area (Å²) in [7, 11) is 0. The van der Waals surface area contributed by atoms with Gasteiger partial charge in [0, 0.05) is 6.42 Å². The number of ether oxygens (including phenoxy) is 2. The molecule has 1 aliphatic rings. The molecule has 3 heteroatoms. The molecule has 1 aromatic rings. The number of nitriles is 1. The van der Waals surface area contributed by atoms with Crippen LogP contribution in [0.3, 0.4) is 0 Å². The molecule has 0 radical (unpaired) electrons. The highest BCUT2D eigenvalue weighted by molar-refractivity contribution is 5.25. The van der Waals surface area contributed by atoms with Crippen LogP contribution in [0, 0.1) is 11.3 Å². The van der Waals surface area contributed by atoms with Gasteiger partial charge in [0.1, 0.15) is 0 Å². The maximum absolute atomic E-state index is 8.60. The maximum Gasteiger partial charge on any atom is 0.161 e. The van der Waals surface area contributed by atoms with Gasteiger partial charge in [0.15, 0.2) is 6.29 Å². The smallest absolute Gasteiger partial charge is 0.161 e. The molecule has 0 unspecified atom stereocenters. The summed E-state index contributed by atoms with van der Waals surface area (Å²) in [4.78, 5) is 0. The Morgan fingerprint density at radius 2 is 2.00 bits per heavy atom. The van der Waals surface area contributed by atoms with E-state index in [-0.39, 0.29) is 6.29 Å². The van der Waals surface area contributed by atoms with E-state index in [9.17, 15) is 0 Å². The molecule has 0 saturated carbocycles. The first-order valence-electron chi connectivity index (χ1n) is 5.06. The zero-order valence-electron chi connectivity index (χ0n) is 8.48. The van der Waals surface area contributed by atoms with Crippen molar-refractivity contribution in [3.05, 3.63) is 35.4 Å². The van der Waals surface area contributed by atoms with Crippen LogP contribution in [0.4, 0.5) is 0 Å². The number of hydrogen-bond donors (Lipinski definition) is 0. The summed E-state index contributed by atoms with van der Waals surface area (Å²) in [6.07, 6.45) is 1.11. The fourth-order valence-corrected chi connectivity index (χ4v) is 1.68. The van der Waals surface area contributed by atoms with Crippen molar-refractivity contribution < 1.29 is 9.47 Å². The SMILES string of the molecule is N#CCc1cccc(CC2OCCO2)c1. The van der Waals surface area contributed by atoms with Crippen LogP contribution in [0.5, 0.6) is 0 Å². The number of benzene rings is 1. The Labute approximate surface area is 89.2 Å². The van der Waals surface area contributed by atoms with Crippen LogP contribution in [-0.4, -0.2) is 19.5 Å². The van der Waals surface area contributed by atoms with Crippen molar-refractivity contribution in [2.75, 3.05) is 13.2 Å². The van der Waals surface area contributed by atoms with Crippen molar-refractivity contribution in [2.45, 2.75) is 19.1 Å². The first-order chi connectivity index (χ1) is 7.38. The van der Waals surface area contributed by atoms with Gasteiger partial charge < -0.3 is 9.47 Å². The van der Waals surface area contributed by atoms with Gasteiger partial charge in [0.25, 0.3) is 0 Å². The fraction of sp³-hybridized carbons (Fsp3) is 0.417. The molecule has 0 aromatic heterocycles. The maximum atomic E-state index is 8.60. The van der Waals surface area contributed by atoms with Crippen molar-refractivity contribution in [1.29, 1.82) is 5.26 Å². The number of nitrogens with zero attached hydrogens (tertiary/aromatic N) is 1. The van der Waals surface area contributed by atoms with Gasteiger partial charge in [-0.15, -0.1) is 0 Å². The molecular formula is C12H13NO2. The summed E-state index contributed by atoms with van der Waals surface area (Å²) < 4.78 is 10.7. The Morgan fingerprint density at radius 3 is 2.73 bits per heavy atom. The molecule has 0 aliphatic carbocycles. The highest BCUT2D eigenvalue weighted by atomic mass is 16.7. The van der Waals surface area contributed by atoms with Crippen LogP contribution in [-0.2, 0) is 22.3 Å². The van der Waals surface area contributed by atoms with Crippen LogP contribution in [0.25, 0.3) is 0 Å². The predicted octanol–water partition coefficient (Wildman–Crippen LogP) is 1.67. The van der Waals surface area contributed by atoms with Crippen LogP contribution >= 0.6 is 0 Å². The molecule has 0 bridgehead atoms. The highest BCUT2D eigenvalue weighted by Gasteiger charge is 2.16. The van der Waals surface area contributed by atoms with Gasteiger partial charge in [-0.3, -0.25) is 0 Å². The van der Waals surface area contributed by atoms with E-state index in [1.54, 1.807) is 0 Å². The standard InChI is InChI=1S/C12H13NO2/c13-5-4-10-2-1-3-11(8-10)9-12-14-6-7-15-12/h1-3,8,12H,4,6-7,9H2. The highest BCUT2D eigenvalue weighted by Crippen LogP contribution is 2.13. The molecule has 1 aliphatic heterocycles. The van der Waals surface area contributed by atoms with Crippen molar-refractivity contribution in [2.24, 2.45) is 0 Å². The lowest BCUT2D eigenvalue weighted by Gasteiger charge is -2.09. The largest absolute Gasteiger partial charge is 0.350 e. The summed E-state index contributed by atoms with van der Waals surface area (Å²) in [6.45, 7) is 1.37. The Bertz CT molecular complexity index is 364. The zero-order valence-corrected chi connectivity index (χ0v) is 8.48. The van der Waals surface area contributed by atoms with Gasteiger partial charge in [0.2, 0.25) is 0 Å². The summed E-state index contributed by atoms with van der Waals surface area (Å²) in [5.74, 6) is 0. The Kier molecular flexibility index (Phi) is 3.33. The van der Waals surface area contributed by atoms with Crippen molar-refractivity contribution in [1.82, 2.24) is 0 Å². The van der Waals surface area contributed by atoms with Gasteiger partial charge in [-0.25, -0.2) is 0 Å². The Morgan fingerprint density at radius 1 is 1.27 bits per heavy atom.